The number of carbonyl (C=O) groups is 2. The quantitative estimate of drug-likeness (QED) is 0.655. The molecule has 0 saturated heterocycles. The summed E-state index contributed by atoms with van der Waals surface area (Å²) in [5.41, 5.74) is 1.95. The van der Waals surface area contributed by atoms with Crippen LogP contribution >= 0.6 is 15.9 Å². The van der Waals surface area contributed by atoms with Crippen molar-refractivity contribution in [1.29, 1.82) is 0 Å². The molecule has 0 radical (unpaired) electrons. The first kappa shape index (κ1) is 18.6. The number of rotatable bonds is 5. The van der Waals surface area contributed by atoms with Crippen LogP contribution in [0.15, 0.2) is 28.7 Å². The number of methoxy groups -OCH3 is 2. The van der Waals surface area contributed by atoms with E-state index in [0.717, 1.165) is 10.0 Å². The Kier molecular flexibility index (Phi) is 4.89. The van der Waals surface area contributed by atoms with Crippen molar-refractivity contribution in [3.05, 3.63) is 45.4 Å². The molecule has 0 aromatic heterocycles. The van der Waals surface area contributed by atoms with Gasteiger partial charge in [-0.3, -0.25) is 14.5 Å². The number of hydrogen-bond donors (Lipinski definition) is 0. The van der Waals surface area contributed by atoms with Gasteiger partial charge >= 0.3 is 0 Å². The fourth-order valence-corrected chi connectivity index (χ4v) is 3.99. The van der Waals surface area contributed by atoms with Gasteiger partial charge in [0.05, 0.1) is 26.2 Å². The monoisotopic (exact) mass is 447 g/mol. The molecule has 0 fully saturated rings. The molecule has 28 heavy (non-hydrogen) atoms. The van der Waals surface area contributed by atoms with Gasteiger partial charge in [0, 0.05) is 11.0 Å². The Morgan fingerprint density at radius 2 is 1.86 bits per heavy atom. The predicted molar refractivity (Wildman–Crippen MR) is 103 cm³/mol. The van der Waals surface area contributed by atoms with Gasteiger partial charge in [0.25, 0.3) is 5.91 Å². The number of ether oxygens (including phenoxy) is 4. The van der Waals surface area contributed by atoms with Gasteiger partial charge in [0.1, 0.15) is 0 Å². The second-order valence-electron chi connectivity index (χ2n) is 6.41. The number of imide groups is 1. The van der Waals surface area contributed by atoms with E-state index in [4.69, 9.17) is 18.9 Å². The van der Waals surface area contributed by atoms with Gasteiger partial charge in [-0.05, 0) is 35.7 Å². The van der Waals surface area contributed by atoms with Crippen LogP contribution in [-0.2, 0) is 17.6 Å². The molecule has 0 unspecified atom stereocenters. The van der Waals surface area contributed by atoms with Gasteiger partial charge in [-0.2, -0.15) is 0 Å². The Labute approximate surface area is 170 Å². The minimum atomic E-state index is -0.376. The van der Waals surface area contributed by atoms with E-state index in [1.54, 1.807) is 12.1 Å². The molecule has 0 spiro atoms. The van der Waals surface area contributed by atoms with Gasteiger partial charge in [0.2, 0.25) is 12.7 Å². The fraction of sp³-hybridized carbons (Fsp3) is 0.300. The SMILES string of the molecule is COc1ccc2c(c1OC)C(=O)N(CCc1cc3c(cc1Br)OCO3)C(=O)C2. The van der Waals surface area contributed by atoms with E-state index in [1.165, 1.54) is 19.1 Å². The van der Waals surface area contributed by atoms with Crippen molar-refractivity contribution in [2.75, 3.05) is 27.6 Å². The standard InChI is InChI=1S/C20H18BrNO6/c1-25-14-4-3-12-8-17(23)22(20(24)18(12)19(14)26-2)6-5-11-7-15-16(9-13(11)21)28-10-27-15/h3-4,7,9H,5-6,8,10H2,1-2H3. The van der Waals surface area contributed by atoms with Crippen LogP contribution in [0.1, 0.15) is 21.5 Å². The first-order chi connectivity index (χ1) is 13.5. The molecule has 2 aliphatic heterocycles. The largest absolute Gasteiger partial charge is 0.493 e. The first-order valence-electron chi connectivity index (χ1n) is 8.70. The third-order valence-corrected chi connectivity index (χ3v) is 5.62. The van der Waals surface area contributed by atoms with Crippen LogP contribution in [0, 0.1) is 0 Å². The lowest BCUT2D eigenvalue weighted by Crippen LogP contribution is -2.43. The minimum Gasteiger partial charge on any atom is -0.493 e. The highest BCUT2D eigenvalue weighted by Crippen LogP contribution is 2.38. The molecule has 2 aromatic carbocycles. The summed E-state index contributed by atoms with van der Waals surface area (Å²) in [4.78, 5) is 26.9. The Morgan fingerprint density at radius 3 is 2.57 bits per heavy atom. The number of hydrogen-bond acceptors (Lipinski definition) is 6. The molecule has 2 amide bonds. The lowest BCUT2D eigenvalue weighted by Gasteiger charge is -2.28. The van der Waals surface area contributed by atoms with E-state index in [-0.39, 0.29) is 31.6 Å². The molecule has 0 N–H and O–H groups in total. The number of amides is 2. The van der Waals surface area contributed by atoms with Crippen LogP contribution in [0.2, 0.25) is 0 Å². The van der Waals surface area contributed by atoms with E-state index in [2.05, 4.69) is 15.9 Å². The topological polar surface area (TPSA) is 74.3 Å². The average Bonchev–Trinajstić information content (AvgIpc) is 3.13. The first-order valence-corrected chi connectivity index (χ1v) is 9.49. The lowest BCUT2D eigenvalue weighted by atomic mass is 9.96. The molecule has 0 atom stereocenters. The van der Waals surface area contributed by atoms with Gasteiger partial charge in [0.15, 0.2) is 23.0 Å². The summed E-state index contributed by atoms with van der Waals surface area (Å²) in [7, 11) is 2.99. The highest BCUT2D eigenvalue weighted by atomic mass is 79.9. The maximum absolute atomic E-state index is 13.1. The summed E-state index contributed by atoms with van der Waals surface area (Å²) in [6.07, 6.45) is 0.625. The number of halogens is 1. The van der Waals surface area contributed by atoms with Gasteiger partial charge in [-0.15, -0.1) is 0 Å². The van der Waals surface area contributed by atoms with Gasteiger partial charge in [-0.25, -0.2) is 0 Å². The second-order valence-corrected chi connectivity index (χ2v) is 7.26. The minimum absolute atomic E-state index is 0.143. The molecule has 0 saturated carbocycles. The maximum atomic E-state index is 13.1. The fourth-order valence-electron chi connectivity index (χ4n) is 3.47. The van der Waals surface area contributed by atoms with Crippen molar-refractivity contribution in [2.45, 2.75) is 12.8 Å². The molecule has 2 heterocycles. The molecule has 0 bridgehead atoms. The summed E-state index contributed by atoms with van der Waals surface area (Å²) >= 11 is 3.51. The molecule has 8 heteroatoms. The van der Waals surface area contributed by atoms with E-state index in [9.17, 15) is 9.59 Å². The summed E-state index contributed by atoms with van der Waals surface area (Å²) in [5.74, 6) is 1.53. The highest BCUT2D eigenvalue weighted by molar-refractivity contribution is 9.10. The normalized spacial score (nSPS) is 14.9. The number of carbonyl (C=O) groups excluding carboxylic acids is 2. The van der Waals surface area contributed by atoms with Crippen molar-refractivity contribution >= 4 is 27.7 Å². The van der Waals surface area contributed by atoms with E-state index in [0.29, 0.717) is 40.5 Å². The number of nitrogens with zero attached hydrogens (tertiary/aromatic N) is 1. The molecule has 2 aliphatic rings. The zero-order valence-corrected chi connectivity index (χ0v) is 17.0. The number of benzene rings is 2. The lowest BCUT2D eigenvalue weighted by molar-refractivity contribution is -0.128. The van der Waals surface area contributed by atoms with Crippen molar-refractivity contribution in [1.82, 2.24) is 4.90 Å². The van der Waals surface area contributed by atoms with Crippen LogP contribution in [-0.4, -0.2) is 44.3 Å². The Morgan fingerprint density at radius 1 is 1.11 bits per heavy atom. The average molecular weight is 448 g/mol. The third kappa shape index (κ3) is 3.07. The Balaban J connectivity index is 1.60. The van der Waals surface area contributed by atoms with E-state index in [1.807, 2.05) is 12.1 Å². The maximum Gasteiger partial charge on any atom is 0.264 e. The van der Waals surface area contributed by atoms with Crippen molar-refractivity contribution in [3.63, 3.8) is 0 Å². The molecule has 2 aromatic rings. The molecular weight excluding hydrogens is 430 g/mol. The molecular formula is C20H18BrNO6. The summed E-state index contributed by atoms with van der Waals surface area (Å²) < 4.78 is 22.3. The highest BCUT2D eigenvalue weighted by Gasteiger charge is 2.34. The van der Waals surface area contributed by atoms with E-state index >= 15 is 0 Å². The van der Waals surface area contributed by atoms with Crippen molar-refractivity contribution in [3.8, 4) is 23.0 Å². The van der Waals surface area contributed by atoms with Crippen LogP contribution in [0.3, 0.4) is 0 Å². The van der Waals surface area contributed by atoms with Crippen molar-refractivity contribution < 1.29 is 28.5 Å². The summed E-state index contributed by atoms with van der Waals surface area (Å²) in [5, 5.41) is 0. The third-order valence-electron chi connectivity index (χ3n) is 4.88. The zero-order chi connectivity index (χ0) is 19.8. The van der Waals surface area contributed by atoms with Gasteiger partial charge in [-0.1, -0.05) is 22.0 Å². The smallest absolute Gasteiger partial charge is 0.264 e. The van der Waals surface area contributed by atoms with Crippen LogP contribution in [0.4, 0.5) is 0 Å². The van der Waals surface area contributed by atoms with Crippen LogP contribution in [0.5, 0.6) is 23.0 Å². The van der Waals surface area contributed by atoms with Gasteiger partial charge < -0.3 is 18.9 Å². The summed E-state index contributed by atoms with van der Waals surface area (Å²) in [6.45, 7) is 0.433. The molecule has 146 valence electrons. The zero-order valence-electron chi connectivity index (χ0n) is 15.4. The van der Waals surface area contributed by atoms with Crippen molar-refractivity contribution in [2.24, 2.45) is 0 Å². The molecule has 4 rings (SSSR count). The number of fused-ring (bicyclic) bond motifs is 2. The molecule has 7 nitrogen and oxygen atoms in total. The second kappa shape index (κ2) is 7.35. The van der Waals surface area contributed by atoms with Crippen LogP contribution < -0.4 is 18.9 Å². The molecule has 0 aliphatic carbocycles. The Hall–Kier alpha value is -2.74. The van der Waals surface area contributed by atoms with E-state index < -0.39 is 0 Å². The summed E-state index contributed by atoms with van der Waals surface area (Å²) in [6, 6.07) is 7.14. The predicted octanol–water partition coefficient (Wildman–Crippen LogP) is 2.96. The Bertz CT molecular complexity index is 974. The van der Waals surface area contributed by atoms with Crippen LogP contribution in [0.25, 0.3) is 0 Å².